The Morgan fingerprint density at radius 2 is 1.42 bits per heavy atom. The van der Waals surface area contributed by atoms with Gasteiger partial charge in [-0.2, -0.15) is 0 Å². The highest BCUT2D eigenvalue weighted by Crippen LogP contribution is 2.35. The number of benzene rings is 2. The Morgan fingerprint density at radius 3 is 2.08 bits per heavy atom. The fourth-order valence-corrected chi connectivity index (χ4v) is 3.63. The van der Waals surface area contributed by atoms with E-state index in [1.165, 1.54) is 19.3 Å². The summed E-state index contributed by atoms with van der Waals surface area (Å²) in [7, 11) is 0. The molecule has 3 nitrogen and oxygen atoms in total. The molecule has 2 heterocycles. The second-order valence-corrected chi connectivity index (χ2v) is 6.49. The van der Waals surface area contributed by atoms with E-state index in [2.05, 4.69) is 33.7 Å². The lowest BCUT2D eigenvalue weighted by atomic mass is 10.1. The van der Waals surface area contributed by atoms with Gasteiger partial charge in [0.25, 0.3) is 0 Å². The monoisotopic (exact) mass is 337 g/mol. The second-order valence-electron chi connectivity index (χ2n) is 6.13. The molecule has 4 heteroatoms. The second kappa shape index (κ2) is 6.70. The van der Waals surface area contributed by atoms with Crippen LogP contribution < -0.4 is 4.90 Å². The molecule has 0 N–H and O–H groups in total. The number of hydrogen-bond donors (Lipinski definition) is 0. The lowest BCUT2D eigenvalue weighted by molar-refractivity contribution is 0.574. The van der Waals surface area contributed by atoms with Gasteiger partial charge in [0, 0.05) is 24.3 Å². The predicted molar refractivity (Wildman–Crippen MR) is 100 cm³/mol. The van der Waals surface area contributed by atoms with E-state index in [0.29, 0.717) is 5.15 Å². The molecule has 1 aromatic heterocycles. The van der Waals surface area contributed by atoms with Gasteiger partial charge in [-0.3, -0.25) is 4.57 Å². The highest BCUT2D eigenvalue weighted by Gasteiger charge is 2.23. The van der Waals surface area contributed by atoms with E-state index >= 15 is 0 Å². The third-order valence-corrected chi connectivity index (χ3v) is 4.84. The summed E-state index contributed by atoms with van der Waals surface area (Å²) in [5.41, 5.74) is 2.11. The maximum absolute atomic E-state index is 6.81. The van der Waals surface area contributed by atoms with Crippen molar-refractivity contribution in [2.45, 2.75) is 19.3 Å². The fourth-order valence-electron chi connectivity index (χ4n) is 3.29. The van der Waals surface area contributed by atoms with Gasteiger partial charge in [-0.1, -0.05) is 60.1 Å². The van der Waals surface area contributed by atoms with E-state index in [1.807, 2.05) is 36.4 Å². The van der Waals surface area contributed by atoms with Crippen molar-refractivity contribution in [3.63, 3.8) is 0 Å². The van der Waals surface area contributed by atoms with Gasteiger partial charge in [0.1, 0.15) is 5.82 Å². The largest absolute Gasteiger partial charge is 0.354 e. The zero-order valence-corrected chi connectivity index (χ0v) is 14.3. The van der Waals surface area contributed by atoms with Crippen LogP contribution in [0.3, 0.4) is 0 Å². The number of aromatic nitrogens is 2. The predicted octanol–water partition coefficient (Wildman–Crippen LogP) is 5.18. The van der Waals surface area contributed by atoms with E-state index in [4.69, 9.17) is 16.6 Å². The van der Waals surface area contributed by atoms with Crippen LogP contribution in [0.15, 0.2) is 60.7 Å². The van der Waals surface area contributed by atoms with Crippen molar-refractivity contribution in [2.75, 3.05) is 18.0 Å². The summed E-state index contributed by atoms with van der Waals surface area (Å²) in [6.07, 6.45) is 3.70. The number of piperidine rings is 1. The molecule has 1 aliphatic heterocycles. The van der Waals surface area contributed by atoms with Crippen LogP contribution in [0.2, 0.25) is 5.15 Å². The van der Waals surface area contributed by atoms with Gasteiger partial charge in [-0.25, -0.2) is 4.98 Å². The quantitative estimate of drug-likeness (QED) is 0.656. The average molecular weight is 338 g/mol. The van der Waals surface area contributed by atoms with Crippen LogP contribution in [0.25, 0.3) is 17.1 Å². The van der Waals surface area contributed by atoms with Gasteiger partial charge in [-0.05, 0) is 31.4 Å². The molecule has 1 fully saturated rings. The summed E-state index contributed by atoms with van der Waals surface area (Å²) in [5.74, 6) is 1.80. The number of nitrogens with zero attached hydrogens (tertiary/aromatic N) is 3. The topological polar surface area (TPSA) is 21.1 Å². The lowest BCUT2D eigenvalue weighted by Crippen LogP contribution is -2.29. The molecule has 0 unspecified atom stereocenters. The summed E-state index contributed by atoms with van der Waals surface area (Å²) in [4.78, 5) is 7.25. The van der Waals surface area contributed by atoms with Crippen LogP contribution in [0.5, 0.6) is 0 Å². The Kier molecular flexibility index (Phi) is 4.26. The van der Waals surface area contributed by atoms with Crippen LogP contribution in [-0.4, -0.2) is 22.6 Å². The molecular formula is C20H20ClN3. The van der Waals surface area contributed by atoms with E-state index < -0.39 is 0 Å². The first-order chi connectivity index (χ1) is 11.8. The minimum atomic E-state index is 0.696. The summed E-state index contributed by atoms with van der Waals surface area (Å²) in [6.45, 7) is 2.06. The SMILES string of the molecule is Clc1c(N2CCCCC2)nc(-c2ccccc2)n1-c1ccccc1. The van der Waals surface area contributed by atoms with Gasteiger partial charge < -0.3 is 4.90 Å². The molecule has 122 valence electrons. The van der Waals surface area contributed by atoms with Crippen molar-refractivity contribution in [1.29, 1.82) is 0 Å². The summed E-state index contributed by atoms with van der Waals surface area (Å²) >= 11 is 6.81. The molecule has 2 aromatic carbocycles. The van der Waals surface area contributed by atoms with Crippen molar-refractivity contribution in [2.24, 2.45) is 0 Å². The van der Waals surface area contributed by atoms with E-state index in [9.17, 15) is 0 Å². The number of halogens is 1. The van der Waals surface area contributed by atoms with E-state index in [0.717, 1.165) is 36.0 Å². The molecule has 24 heavy (non-hydrogen) atoms. The van der Waals surface area contributed by atoms with Crippen molar-refractivity contribution in [3.05, 3.63) is 65.8 Å². The molecule has 0 spiro atoms. The van der Waals surface area contributed by atoms with Gasteiger partial charge >= 0.3 is 0 Å². The molecular weight excluding hydrogens is 318 g/mol. The van der Waals surface area contributed by atoms with Crippen LogP contribution in [0.1, 0.15) is 19.3 Å². The Balaban J connectivity index is 1.88. The third kappa shape index (κ3) is 2.80. The van der Waals surface area contributed by atoms with Gasteiger partial charge in [-0.15, -0.1) is 0 Å². The molecule has 1 saturated heterocycles. The zero-order valence-electron chi connectivity index (χ0n) is 13.5. The van der Waals surface area contributed by atoms with E-state index in [-0.39, 0.29) is 0 Å². The van der Waals surface area contributed by atoms with Crippen LogP contribution >= 0.6 is 11.6 Å². The lowest BCUT2D eigenvalue weighted by Gasteiger charge is -2.26. The first-order valence-corrected chi connectivity index (χ1v) is 8.86. The summed E-state index contributed by atoms with van der Waals surface area (Å²) in [6, 6.07) is 20.5. The van der Waals surface area contributed by atoms with Gasteiger partial charge in [0.15, 0.2) is 11.0 Å². The summed E-state index contributed by atoms with van der Waals surface area (Å²) < 4.78 is 2.06. The normalized spacial score (nSPS) is 14.8. The number of rotatable bonds is 3. The van der Waals surface area contributed by atoms with E-state index in [1.54, 1.807) is 0 Å². The van der Waals surface area contributed by atoms with Crippen molar-refractivity contribution >= 4 is 17.4 Å². The first kappa shape index (κ1) is 15.3. The maximum atomic E-state index is 6.81. The van der Waals surface area contributed by atoms with Gasteiger partial charge in [0.2, 0.25) is 0 Å². The Bertz CT molecular complexity index is 806. The number of imidazole rings is 1. The zero-order chi connectivity index (χ0) is 16.4. The molecule has 0 bridgehead atoms. The maximum Gasteiger partial charge on any atom is 0.167 e. The molecule has 4 rings (SSSR count). The smallest absolute Gasteiger partial charge is 0.167 e. The van der Waals surface area contributed by atoms with Crippen LogP contribution in [0.4, 0.5) is 5.82 Å². The molecule has 0 saturated carbocycles. The molecule has 0 radical (unpaired) electrons. The van der Waals surface area contributed by atoms with Crippen LogP contribution in [-0.2, 0) is 0 Å². The number of hydrogen-bond acceptors (Lipinski definition) is 2. The first-order valence-electron chi connectivity index (χ1n) is 8.48. The fraction of sp³-hybridized carbons (Fsp3) is 0.250. The van der Waals surface area contributed by atoms with Crippen LogP contribution in [0, 0.1) is 0 Å². The van der Waals surface area contributed by atoms with Crippen molar-refractivity contribution < 1.29 is 0 Å². The Hall–Kier alpha value is -2.26. The number of anilines is 1. The Morgan fingerprint density at radius 1 is 0.792 bits per heavy atom. The minimum Gasteiger partial charge on any atom is -0.354 e. The third-order valence-electron chi connectivity index (χ3n) is 4.51. The average Bonchev–Trinajstić information content (AvgIpc) is 3.01. The standard InChI is InChI=1S/C20H20ClN3/c21-18-20(23-14-8-3-9-15-23)22-19(16-10-4-1-5-11-16)24(18)17-12-6-2-7-13-17/h1-2,4-7,10-13H,3,8-9,14-15H2. The molecule has 0 amide bonds. The molecule has 0 atom stereocenters. The highest BCUT2D eigenvalue weighted by atomic mass is 35.5. The molecule has 3 aromatic rings. The molecule has 0 aliphatic carbocycles. The highest BCUT2D eigenvalue weighted by molar-refractivity contribution is 6.32. The summed E-state index contributed by atoms with van der Waals surface area (Å²) in [5, 5.41) is 0.696. The van der Waals surface area contributed by atoms with Gasteiger partial charge in [0.05, 0.1) is 0 Å². The number of para-hydroxylation sites is 1. The molecule has 1 aliphatic rings. The Labute approximate surface area is 147 Å². The van der Waals surface area contributed by atoms with Crippen molar-refractivity contribution in [1.82, 2.24) is 9.55 Å². The van der Waals surface area contributed by atoms with Crippen molar-refractivity contribution in [3.8, 4) is 17.1 Å². The minimum absolute atomic E-state index is 0.696.